The first-order chi connectivity index (χ1) is 10.7. The van der Waals surface area contributed by atoms with Crippen molar-refractivity contribution in [1.29, 1.82) is 0 Å². The van der Waals surface area contributed by atoms with E-state index in [1.807, 2.05) is 0 Å². The minimum Gasteiger partial charge on any atom is -0.396 e. The van der Waals surface area contributed by atoms with Crippen LogP contribution in [0.4, 0.5) is 0 Å². The number of rotatable bonds is 16. The van der Waals surface area contributed by atoms with Crippen LogP contribution in [-0.4, -0.2) is 17.5 Å². The molecule has 22 heavy (non-hydrogen) atoms. The van der Waals surface area contributed by atoms with Gasteiger partial charge in [-0.15, -0.1) is 0 Å². The summed E-state index contributed by atoms with van der Waals surface area (Å²) in [6, 6.07) is 0. The minimum atomic E-state index is 0.132. The van der Waals surface area contributed by atoms with Crippen molar-refractivity contribution in [2.24, 2.45) is 5.92 Å². The Balaban J connectivity index is 3.66. The van der Waals surface area contributed by atoms with Gasteiger partial charge < -0.3 is 5.11 Å². The highest BCUT2D eigenvalue weighted by Crippen LogP contribution is 2.15. The van der Waals surface area contributed by atoms with E-state index in [2.05, 4.69) is 19.1 Å². The molecule has 1 N–H and O–H groups in total. The number of carbonyl (C=O) groups is 1. The highest BCUT2D eigenvalue weighted by atomic mass is 16.2. The van der Waals surface area contributed by atoms with Gasteiger partial charge in [0.2, 0.25) is 0 Å². The molecule has 1 unspecified atom stereocenters. The third kappa shape index (κ3) is 14.3. The zero-order valence-electron chi connectivity index (χ0n) is 15.0. The Hall–Kier alpha value is -0.630. The maximum Gasteiger partial charge on any atom is 0.136 e. The Morgan fingerprint density at radius 2 is 1.50 bits per heavy atom. The zero-order chi connectivity index (χ0) is 16.5. The normalized spacial score (nSPS) is 12.9. The van der Waals surface area contributed by atoms with Crippen LogP contribution in [0.2, 0.25) is 0 Å². The van der Waals surface area contributed by atoms with Crippen molar-refractivity contribution in [1.82, 2.24) is 0 Å². The average Bonchev–Trinajstić information content (AvgIpc) is 2.50. The van der Waals surface area contributed by atoms with Crippen molar-refractivity contribution in [3.63, 3.8) is 0 Å². The number of Topliss-reactive ketones (excluding diaryl/α,β-unsaturated/α-hetero) is 1. The second-order valence-corrected chi connectivity index (χ2v) is 6.48. The fraction of sp³-hybridized carbons (Fsp3) is 0.850. The van der Waals surface area contributed by atoms with Crippen LogP contribution in [0, 0.1) is 5.92 Å². The fourth-order valence-electron chi connectivity index (χ4n) is 2.74. The van der Waals surface area contributed by atoms with E-state index in [0.717, 1.165) is 32.1 Å². The maximum atomic E-state index is 11.7. The molecule has 0 bridgehead atoms. The van der Waals surface area contributed by atoms with Crippen LogP contribution in [0.15, 0.2) is 12.2 Å². The van der Waals surface area contributed by atoms with Crippen molar-refractivity contribution in [3.8, 4) is 0 Å². The third-order valence-corrected chi connectivity index (χ3v) is 4.29. The van der Waals surface area contributed by atoms with Gasteiger partial charge in [0.05, 0.1) is 0 Å². The fourth-order valence-corrected chi connectivity index (χ4v) is 2.74. The van der Waals surface area contributed by atoms with Crippen molar-refractivity contribution in [2.45, 2.75) is 97.3 Å². The van der Waals surface area contributed by atoms with Gasteiger partial charge >= 0.3 is 0 Å². The number of ketones is 1. The summed E-state index contributed by atoms with van der Waals surface area (Å²) in [5.74, 6) is 0.440. The molecule has 0 aromatic carbocycles. The molecule has 0 radical (unpaired) electrons. The lowest BCUT2D eigenvalue weighted by Crippen LogP contribution is -2.07. The van der Waals surface area contributed by atoms with Gasteiger partial charge in [0, 0.05) is 12.5 Å². The lowest BCUT2D eigenvalue weighted by molar-refractivity contribution is -0.119. The molecule has 0 amide bonds. The first-order valence-corrected chi connectivity index (χ1v) is 9.50. The largest absolute Gasteiger partial charge is 0.396 e. The Bertz CT molecular complexity index is 271. The SMILES string of the molecule is CCCCCCC/C=C/C(CCCCCCCCO)C(C)=O. The predicted molar refractivity (Wildman–Crippen MR) is 96.1 cm³/mol. The van der Waals surface area contributed by atoms with Crippen molar-refractivity contribution in [3.05, 3.63) is 12.2 Å². The van der Waals surface area contributed by atoms with E-state index < -0.39 is 0 Å². The molecule has 0 heterocycles. The molecule has 1 atom stereocenters. The lowest BCUT2D eigenvalue weighted by Gasteiger charge is -2.09. The van der Waals surface area contributed by atoms with Gasteiger partial charge in [-0.1, -0.05) is 76.9 Å². The maximum absolute atomic E-state index is 11.7. The van der Waals surface area contributed by atoms with Gasteiger partial charge in [-0.25, -0.2) is 0 Å². The molecule has 0 saturated heterocycles. The van der Waals surface area contributed by atoms with Gasteiger partial charge in [-0.3, -0.25) is 4.79 Å². The van der Waals surface area contributed by atoms with Crippen LogP contribution in [-0.2, 0) is 4.79 Å². The molecule has 0 aromatic rings. The molecule has 0 saturated carbocycles. The molecule has 0 fully saturated rings. The third-order valence-electron chi connectivity index (χ3n) is 4.29. The standard InChI is InChI=1S/C20H38O2/c1-3-4-5-6-7-10-13-16-20(19(2)22)17-14-11-8-9-12-15-18-21/h13,16,20-21H,3-12,14-15,17-18H2,1-2H3/b16-13+. The summed E-state index contributed by atoms with van der Waals surface area (Å²) in [5.41, 5.74) is 0. The lowest BCUT2D eigenvalue weighted by atomic mass is 9.96. The van der Waals surface area contributed by atoms with Crippen LogP contribution in [0.1, 0.15) is 97.3 Å². The molecule has 0 aromatic heterocycles. The second kappa shape index (κ2) is 16.7. The Morgan fingerprint density at radius 3 is 2.14 bits per heavy atom. The van der Waals surface area contributed by atoms with Crippen molar-refractivity contribution in [2.75, 3.05) is 6.61 Å². The highest BCUT2D eigenvalue weighted by molar-refractivity contribution is 5.79. The zero-order valence-corrected chi connectivity index (χ0v) is 15.0. The number of hydrogen-bond donors (Lipinski definition) is 1. The van der Waals surface area contributed by atoms with E-state index >= 15 is 0 Å². The van der Waals surface area contributed by atoms with E-state index in [4.69, 9.17) is 5.11 Å². The Morgan fingerprint density at radius 1 is 0.909 bits per heavy atom. The van der Waals surface area contributed by atoms with Crippen LogP contribution < -0.4 is 0 Å². The van der Waals surface area contributed by atoms with E-state index in [1.54, 1.807) is 6.92 Å². The summed E-state index contributed by atoms with van der Waals surface area (Å²) in [6.07, 6.45) is 19.9. The van der Waals surface area contributed by atoms with E-state index in [9.17, 15) is 4.79 Å². The van der Waals surface area contributed by atoms with Gasteiger partial charge in [-0.2, -0.15) is 0 Å². The predicted octanol–water partition coefficient (Wildman–Crippen LogP) is 5.83. The Labute approximate surface area is 138 Å². The molecular weight excluding hydrogens is 272 g/mol. The molecule has 0 aliphatic carbocycles. The van der Waals surface area contributed by atoms with Gasteiger partial charge in [0.25, 0.3) is 0 Å². The van der Waals surface area contributed by atoms with Crippen LogP contribution in [0.3, 0.4) is 0 Å². The average molecular weight is 311 g/mol. The molecule has 2 nitrogen and oxygen atoms in total. The molecular formula is C20H38O2. The Kier molecular flexibility index (Phi) is 16.3. The van der Waals surface area contributed by atoms with Crippen molar-refractivity contribution >= 4 is 5.78 Å². The summed E-state index contributed by atoms with van der Waals surface area (Å²) < 4.78 is 0. The van der Waals surface area contributed by atoms with E-state index in [1.165, 1.54) is 51.4 Å². The van der Waals surface area contributed by atoms with E-state index in [-0.39, 0.29) is 5.92 Å². The summed E-state index contributed by atoms with van der Waals surface area (Å²) in [4.78, 5) is 11.7. The molecule has 2 heteroatoms. The molecule has 0 aliphatic heterocycles. The molecule has 130 valence electrons. The first-order valence-electron chi connectivity index (χ1n) is 9.50. The first kappa shape index (κ1) is 21.4. The highest BCUT2D eigenvalue weighted by Gasteiger charge is 2.09. The monoisotopic (exact) mass is 310 g/mol. The van der Waals surface area contributed by atoms with E-state index in [0.29, 0.717) is 12.4 Å². The second-order valence-electron chi connectivity index (χ2n) is 6.48. The summed E-state index contributed by atoms with van der Waals surface area (Å²) in [6.45, 7) is 4.27. The number of allylic oxidation sites excluding steroid dienone is 2. The number of hydrogen-bond acceptors (Lipinski definition) is 2. The summed E-state index contributed by atoms with van der Waals surface area (Å²) in [7, 11) is 0. The summed E-state index contributed by atoms with van der Waals surface area (Å²) in [5, 5.41) is 8.72. The van der Waals surface area contributed by atoms with Crippen LogP contribution in [0.5, 0.6) is 0 Å². The topological polar surface area (TPSA) is 37.3 Å². The van der Waals surface area contributed by atoms with Gasteiger partial charge in [-0.05, 0) is 32.6 Å². The number of unbranched alkanes of at least 4 members (excludes halogenated alkanes) is 10. The van der Waals surface area contributed by atoms with Crippen molar-refractivity contribution < 1.29 is 9.90 Å². The number of carbonyl (C=O) groups excluding carboxylic acids is 1. The van der Waals surface area contributed by atoms with Gasteiger partial charge in [0.1, 0.15) is 5.78 Å². The molecule has 0 spiro atoms. The van der Waals surface area contributed by atoms with Gasteiger partial charge in [0.15, 0.2) is 0 Å². The van der Waals surface area contributed by atoms with Crippen LogP contribution in [0.25, 0.3) is 0 Å². The quantitative estimate of drug-likeness (QED) is 0.287. The number of aliphatic hydroxyl groups is 1. The molecule has 0 rings (SSSR count). The van der Waals surface area contributed by atoms with Crippen LogP contribution >= 0.6 is 0 Å². The number of aliphatic hydroxyl groups excluding tert-OH is 1. The molecule has 0 aliphatic rings. The minimum absolute atomic E-state index is 0.132. The summed E-state index contributed by atoms with van der Waals surface area (Å²) >= 11 is 0. The smallest absolute Gasteiger partial charge is 0.136 e.